The standard InChI is InChI=1S/C31H31NO4/c1-19(2)22-9-11-23(12-10-22)28-27(29(33)24-13-14-26-25(18-24)17-20(3)36-26)30(34)31(35)32(28)16-15-21-7-5-4-6-8-21/h4-14,18-20,28,33H,15-17H2,1-3H3/b29-27+/t20-,28-/m1/s1. The molecular weight excluding hydrogens is 450 g/mol. The molecule has 2 aliphatic heterocycles. The van der Waals surface area contributed by atoms with Gasteiger partial charge in [-0.25, -0.2) is 0 Å². The maximum absolute atomic E-state index is 13.4. The Morgan fingerprint density at radius 1 is 1.03 bits per heavy atom. The van der Waals surface area contributed by atoms with Crippen LogP contribution >= 0.6 is 0 Å². The first-order valence-electron chi connectivity index (χ1n) is 12.6. The fourth-order valence-corrected chi connectivity index (χ4v) is 5.14. The number of rotatable bonds is 6. The number of hydrogen-bond donors (Lipinski definition) is 1. The number of Topliss-reactive ketones (excluding diaryl/α,β-unsaturated/α-hetero) is 1. The molecule has 1 N–H and O–H groups in total. The Balaban J connectivity index is 1.57. The van der Waals surface area contributed by atoms with E-state index in [1.54, 1.807) is 11.0 Å². The molecule has 2 atom stereocenters. The average Bonchev–Trinajstić information content (AvgIpc) is 3.38. The van der Waals surface area contributed by atoms with Gasteiger partial charge in [0.05, 0.1) is 11.6 Å². The van der Waals surface area contributed by atoms with E-state index in [0.717, 1.165) is 28.9 Å². The minimum atomic E-state index is -0.654. The highest BCUT2D eigenvalue weighted by Gasteiger charge is 2.46. The van der Waals surface area contributed by atoms with Gasteiger partial charge in [0.25, 0.3) is 11.7 Å². The van der Waals surface area contributed by atoms with Crippen molar-refractivity contribution in [2.45, 2.75) is 51.7 Å². The molecule has 1 fully saturated rings. The van der Waals surface area contributed by atoms with Crippen LogP contribution in [0.3, 0.4) is 0 Å². The molecule has 0 aromatic heterocycles. The number of ether oxygens (including phenoxy) is 1. The summed E-state index contributed by atoms with van der Waals surface area (Å²) in [7, 11) is 0. The molecule has 3 aromatic rings. The van der Waals surface area contributed by atoms with Crippen LogP contribution < -0.4 is 4.74 Å². The molecule has 0 saturated carbocycles. The number of fused-ring (bicyclic) bond motifs is 1. The molecule has 0 bridgehead atoms. The first-order chi connectivity index (χ1) is 17.3. The van der Waals surface area contributed by atoms with Gasteiger partial charge in [0.15, 0.2) is 0 Å². The number of likely N-dealkylation sites (tertiary alicyclic amines) is 1. The second-order valence-electron chi connectivity index (χ2n) is 10.0. The molecule has 5 nitrogen and oxygen atoms in total. The van der Waals surface area contributed by atoms with Crippen molar-refractivity contribution in [3.05, 3.63) is 106 Å². The van der Waals surface area contributed by atoms with Gasteiger partial charge in [-0.3, -0.25) is 9.59 Å². The van der Waals surface area contributed by atoms with Crippen molar-refractivity contribution in [1.29, 1.82) is 0 Å². The third kappa shape index (κ3) is 4.41. The predicted molar refractivity (Wildman–Crippen MR) is 140 cm³/mol. The Labute approximate surface area is 212 Å². The zero-order valence-electron chi connectivity index (χ0n) is 20.9. The van der Waals surface area contributed by atoms with E-state index in [0.29, 0.717) is 24.4 Å². The molecule has 184 valence electrons. The number of hydrogen-bond acceptors (Lipinski definition) is 4. The van der Waals surface area contributed by atoms with Crippen LogP contribution in [0.5, 0.6) is 5.75 Å². The van der Waals surface area contributed by atoms with Crippen molar-refractivity contribution in [3.8, 4) is 5.75 Å². The molecule has 2 heterocycles. The van der Waals surface area contributed by atoms with E-state index in [4.69, 9.17) is 4.74 Å². The quantitative estimate of drug-likeness (QED) is 0.275. The highest BCUT2D eigenvalue weighted by Crippen LogP contribution is 2.41. The summed E-state index contributed by atoms with van der Waals surface area (Å²) in [4.78, 5) is 28.2. The SMILES string of the molecule is CC(C)c1ccc([C@@H]2/C(=C(\O)c3ccc4c(c3)C[C@@H](C)O4)C(=O)C(=O)N2CCc2ccccc2)cc1. The van der Waals surface area contributed by atoms with Gasteiger partial charge in [-0.15, -0.1) is 0 Å². The summed E-state index contributed by atoms with van der Waals surface area (Å²) in [5.74, 6) is -0.217. The van der Waals surface area contributed by atoms with E-state index in [1.165, 1.54) is 5.56 Å². The fraction of sp³-hybridized carbons (Fsp3) is 0.290. The molecule has 1 amide bonds. The summed E-state index contributed by atoms with van der Waals surface area (Å²) in [6.45, 7) is 6.62. The van der Waals surface area contributed by atoms with Gasteiger partial charge in [0, 0.05) is 18.5 Å². The topological polar surface area (TPSA) is 66.8 Å². The van der Waals surface area contributed by atoms with Gasteiger partial charge < -0.3 is 14.7 Å². The molecule has 0 unspecified atom stereocenters. The van der Waals surface area contributed by atoms with Gasteiger partial charge in [-0.2, -0.15) is 0 Å². The molecule has 36 heavy (non-hydrogen) atoms. The van der Waals surface area contributed by atoms with Crippen LogP contribution in [-0.4, -0.2) is 34.3 Å². The fourth-order valence-electron chi connectivity index (χ4n) is 5.14. The minimum absolute atomic E-state index is 0.0698. The lowest BCUT2D eigenvalue weighted by atomic mass is 9.92. The Morgan fingerprint density at radius 2 is 1.75 bits per heavy atom. The lowest BCUT2D eigenvalue weighted by Crippen LogP contribution is -2.31. The Morgan fingerprint density at radius 3 is 2.44 bits per heavy atom. The van der Waals surface area contributed by atoms with Crippen LogP contribution in [0.2, 0.25) is 0 Å². The molecule has 0 spiro atoms. The lowest BCUT2D eigenvalue weighted by molar-refractivity contribution is -0.139. The van der Waals surface area contributed by atoms with Crippen LogP contribution in [0.25, 0.3) is 5.76 Å². The molecule has 2 aliphatic rings. The number of aliphatic hydroxyl groups excluding tert-OH is 1. The Hall–Kier alpha value is -3.86. The van der Waals surface area contributed by atoms with Gasteiger partial charge in [0.2, 0.25) is 0 Å². The van der Waals surface area contributed by atoms with Crippen molar-refractivity contribution in [2.24, 2.45) is 0 Å². The van der Waals surface area contributed by atoms with Gasteiger partial charge in [-0.05, 0) is 59.7 Å². The zero-order chi connectivity index (χ0) is 25.4. The van der Waals surface area contributed by atoms with Crippen molar-refractivity contribution in [2.75, 3.05) is 6.54 Å². The molecule has 3 aromatic carbocycles. The highest BCUT2D eigenvalue weighted by atomic mass is 16.5. The van der Waals surface area contributed by atoms with E-state index < -0.39 is 17.7 Å². The average molecular weight is 482 g/mol. The second kappa shape index (κ2) is 9.65. The van der Waals surface area contributed by atoms with E-state index in [2.05, 4.69) is 13.8 Å². The van der Waals surface area contributed by atoms with Crippen LogP contribution in [0.1, 0.15) is 60.5 Å². The number of aliphatic hydroxyl groups is 1. The number of carbonyl (C=O) groups is 2. The van der Waals surface area contributed by atoms with Crippen molar-refractivity contribution in [3.63, 3.8) is 0 Å². The summed E-state index contributed by atoms with van der Waals surface area (Å²) in [5.41, 5.74) is 4.72. The smallest absolute Gasteiger partial charge is 0.295 e. The van der Waals surface area contributed by atoms with E-state index >= 15 is 0 Å². The highest BCUT2D eigenvalue weighted by molar-refractivity contribution is 6.46. The summed E-state index contributed by atoms with van der Waals surface area (Å²) in [6.07, 6.45) is 1.42. The van der Waals surface area contributed by atoms with Crippen LogP contribution in [-0.2, 0) is 22.4 Å². The summed E-state index contributed by atoms with van der Waals surface area (Å²) in [5, 5.41) is 11.4. The Bertz CT molecular complexity index is 1320. The molecule has 5 rings (SSSR count). The molecule has 0 radical (unpaired) electrons. The second-order valence-corrected chi connectivity index (χ2v) is 10.0. The predicted octanol–water partition coefficient (Wildman–Crippen LogP) is 5.80. The number of ketones is 1. The number of amides is 1. The minimum Gasteiger partial charge on any atom is -0.507 e. The maximum Gasteiger partial charge on any atom is 0.295 e. The van der Waals surface area contributed by atoms with E-state index in [1.807, 2.05) is 73.7 Å². The number of benzene rings is 3. The lowest BCUT2D eigenvalue weighted by Gasteiger charge is -2.26. The molecule has 1 saturated heterocycles. The van der Waals surface area contributed by atoms with Gasteiger partial charge >= 0.3 is 0 Å². The van der Waals surface area contributed by atoms with Crippen molar-refractivity contribution in [1.82, 2.24) is 4.90 Å². The van der Waals surface area contributed by atoms with Crippen molar-refractivity contribution < 1.29 is 19.4 Å². The molecule has 5 heteroatoms. The van der Waals surface area contributed by atoms with Crippen LogP contribution in [0, 0.1) is 0 Å². The third-order valence-corrected chi connectivity index (χ3v) is 7.11. The first kappa shape index (κ1) is 23.9. The normalized spacial score (nSPS) is 20.6. The molecule has 0 aliphatic carbocycles. The van der Waals surface area contributed by atoms with Gasteiger partial charge in [0.1, 0.15) is 17.6 Å². The summed E-state index contributed by atoms with van der Waals surface area (Å²) in [6, 6.07) is 22.7. The summed E-state index contributed by atoms with van der Waals surface area (Å²) < 4.78 is 5.79. The van der Waals surface area contributed by atoms with Crippen LogP contribution in [0.4, 0.5) is 0 Å². The zero-order valence-corrected chi connectivity index (χ0v) is 20.9. The summed E-state index contributed by atoms with van der Waals surface area (Å²) >= 11 is 0. The van der Waals surface area contributed by atoms with E-state index in [-0.39, 0.29) is 17.4 Å². The largest absolute Gasteiger partial charge is 0.507 e. The van der Waals surface area contributed by atoms with Crippen molar-refractivity contribution >= 4 is 17.4 Å². The number of nitrogens with zero attached hydrogens (tertiary/aromatic N) is 1. The molecular formula is C31H31NO4. The number of carbonyl (C=O) groups excluding carboxylic acids is 2. The van der Waals surface area contributed by atoms with E-state index in [9.17, 15) is 14.7 Å². The van der Waals surface area contributed by atoms with Gasteiger partial charge in [-0.1, -0.05) is 68.4 Å². The first-order valence-corrected chi connectivity index (χ1v) is 12.6. The monoisotopic (exact) mass is 481 g/mol. The Kier molecular flexibility index (Phi) is 6.40. The maximum atomic E-state index is 13.4. The third-order valence-electron chi connectivity index (χ3n) is 7.11. The van der Waals surface area contributed by atoms with Crippen LogP contribution in [0.15, 0.2) is 78.4 Å².